The van der Waals surface area contributed by atoms with Crippen LogP contribution in [0.3, 0.4) is 0 Å². The van der Waals surface area contributed by atoms with Gasteiger partial charge in [0.05, 0.1) is 0 Å². The molecular weight excluding hydrogens is 124 g/mol. The molecule has 0 aliphatic carbocycles. The first-order valence-electron chi connectivity index (χ1n) is 1.97. The molecule has 0 spiro atoms. The number of aromatic nitrogens is 1. The summed E-state index contributed by atoms with van der Waals surface area (Å²) in [5.74, 6) is 5.65. The highest BCUT2D eigenvalue weighted by Gasteiger charge is 1.91. The van der Waals surface area contributed by atoms with E-state index in [-0.39, 0.29) is 4.80 Å². The highest BCUT2D eigenvalue weighted by atomic mass is 32.1. The molecule has 0 amide bonds. The Morgan fingerprint density at radius 1 is 1.75 bits per heavy atom. The first-order chi connectivity index (χ1) is 3.72. The molecule has 0 bridgehead atoms. The predicted molar refractivity (Wildman–Crippen MR) is 32.7 cm³/mol. The van der Waals surface area contributed by atoms with E-state index in [9.17, 15) is 0 Å². The van der Waals surface area contributed by atoms with Gasteiger partial charge in [0.25, 0.3) is 0 Å². The number of rotatable bonds is 0. The van der Waals surface area contributed by atoms with Crippen molar-refractivity contribution in [1.29, 1.82) is 5.41 Å². The zero-order chi connectivity index (χ0) is 6.15. The van der Waals surface area contributed by atoms with Crippen LogP contribution in [0.25, 0.3) is 0 Å². The molecule has 0 aliphatic rings. The molecule has 0 aromatic carbocycles. The molecule has 0 fully saturated rings. The van der Waals surface area contributed by atoms with E-state index in [2.05, 4.69) is 0 Å². The molecule has 5 heteroatoms. The molecule has 0 saturated carbocycles. The van der Waals surface area contributed by atoms with Gasteiger partial charge in [-0.05, 0) is 0 Å². The third-order valence-electron chi connectivity index (χ3n) is 0.788. The lowest BCUT2D eigenvalue weighted by atomic mass is 10.8. The SMILES string of the molecule is N=c1scc(N)n1N. The van der Waals surface area contributed by atoms with Crippen molar-refractivity contribution < 1.29 is 0 Å². The number of nitrogens with zero attached hydrogens (tertiary/aromatic N) is 1. The van der Waals surface area contributed by atoms with Crippen molar-refractivity contribution in [3.05, 3.63) is 10.2 Å². The van der Waals surface area contributed by atoms with Crippen molar-refractivity contribution in [3.63, 3.8) is 0 Å². The molecule has 1 rings (SSSR count). The van der Waals surface area contributed by atoms with Crippen LogP contribution in [0.5, 0.6) is 0 Å². The molecule has 1 heterocycles. The normalized spacial score (nSPS) is 9.50. The summed E-state index contributed by atoms with van der Waals surface area (Å²) in [7, 11) is 0. The van der Waals surface area contributed by atoms with Crippen LogP contribution in [0.4, 0.5) is 5.82 Å². The first-order valence-corrected chi connectivity index (χ1v) is 2.85. The van der Waals surface area contributed by atoms with Gasteiger partial charge in [0, 0.05) is 5.38 Å². The van der Waals surface area contributed by atoms with E-state index in [4.69, 9.17) is 17.0 Å². The predicted octanol–water partition coefficient (Wildman–Crippen LogP) is -0.675. The van der Waals surface area contributed by atoms with E-state index in [1.807, 2.05) is 0 Å². The maximum absolute atomic E-state index is 7.02. The van der Waals surface area contributed by atoms with Crippen molar-refractivity contribution in [1.82, 2.24) is 4.68 Å². The number of nitrogens with one attached hydrogen (secondary N) is 1. The molecule has 4 nitrogen and oxygen atoms in total. The van der Waals surface area contributed by atoms with Crippen LogP contribution in [-0.4, -0.2) is 4.68 Å². The zero-order valence-corrected chi connectivity index (χ0v) is 4.90. The van der Waals surface area contributed by atoms with Gasteiger partial charge in [-0.1, -0.05) is 0 Å². The van der Waals surface area contributed by atoms with Crippen LogP contribution >= 0.6 is 11.3 Å². The summed E-state index contributed by atoms with van der Waals surface area (Å²) in [6.07, 6.45) is 0. The first kappa shape index (κ1) is 5.17. The minimum Gasteiger partial charge on any atom is -0.383 e. The Hall–Kier alpha value is -0.970. The van der Waals surface area contributed by atoms with Gasteiger partial charge < -0.3 is 11.6 Å². The Morgan fingerprint density at radius 2 is 2.38 bits per heavy atom. The minimum absolute atomic E-state index is 0.266. The van der Waals surface area contributed by atoms with Gasteiger partial charge in [-0.3, -0.25) is 5.41 Å². The Labute approximate surface area is 49.8 Å². The smallest absolute Gasteiger partial charge is 0.202 e. The summed E-state index contributed by atoms with van der Waals surface area (Å²) in [5.41, 5.74) is 5.27. The Morgan fingerprint density at radius 3 is 2.50 bits per heavy atom. The van der Waals surface area contributed by atoms with Gasteiger partial charge >= 0.3 is 0 Å². The van der Waals surface area contributed by atoms with E-state index < -0.39 is 0 Å². The number of hydrogen-bond acceptors (Lipinski definition) is 4. The molecule has 44 valence electrons. The molecule has 0 aliphatic heterocycles. The van der Waals surface area contributed by atoms with Gasteiger partial charge in [-0.25, -0.2) is 4.68 Å². The molecule has 1 aromatic heterocycles. The number of anilines is 1. The maximum Gasteiger partial charge on any atom is 0.202 e. The summed E-state index contributed by atoms with van der Waals surface area (Å²) in [6, 6.07) is 0. The van der Waals surface area contributed by atoms with E-state index in [1.54, 1.807) is 5.38 Å². The van der Waals surface area contributed by atoms with Gasteiger partial charge in [0.2, 0.25) is 4.80 Å². The topological polar surface area (TPSA) is 80.8 Å². The second kappa shape index (κ2) is 1.52. The van der Waals surface area contributed by atoms with Gasteiger partial charge in [0.1, 0.15) is 5.82 Å². The van der Waals surface area contributed by atoms with Crippen molar-refractivity contribution >= 4 is 17.2 Å². The van der Waals surface area contributed by atoms with Gasteiger partial charge in [-0.2, -0.15) is 0 Å². The fourth-order valence-corrected chi connectivity index (χ4v) is 0.912. The number of nitrogen functional groups attached to an aromatic ring is 2. The summed E-state index contributed by atoms with van der Waals surface area (Å²) < 4.78 is 1.13. The quantitative estimate of drug-likeness (QED) is 0.407. The molecule has 5 N–H and O–H groups in total. The van der Waals surface area contributed by atoms with Gasteiger partial charge in [-0.15, -0.1) is 11.3 Å². The van der Waals surface area contributed by atoms with Crippen LogP contribution in [0.2, 0.25) is 0 Å². The monoisotopic (exact) mass is 130 g/mol. The van der Waals surface area contributed by atoms with Gasteiger partial charge in [0.15, 0.2) is 0 Å². The zero-order valence-electron chi connectivity index (χ0n) is 4.09. The maximum atomic E-state index is 7.02. The average molecular weight is 130 g/mol. The number of hydrogen-bond donors (Lipinski definition) is 3. The third-order valence-corrected chi connectivity index (χ3v) is 1.57. The highest BCUT2D eigenvalue weighted by Crippen LogP contribution is 1.96. The average Bonchev–Trinajstić information content (AvgIpc) is 1.98. The lowest BCUT2D eigenvalue weighted by Crippen LogP contribution is -2.23. The Kier molecular flexibility index (Phi) is 0.980. The lowest BCUT2D eigenvalue weighted by molar-refractivity contribution is 0.942. The van der Waals surface area contributed by atoms with Crippen LogP contribution in [0, 0.1) is 5.41 Å². The third kappa shape index (κ3) is 0.564. The fourth-order valence-electron chi connectivity index (χ4n) is 0.347. The molecule has 0 unspecified atom stereocenters. The largest absolute Gasteiger partial charge is 0.383 e. The standard InChI is InChI=1S/C3H6N4S/c4-2-1-8-3(5)7(2)6/h1,5H,4,6H2. The van der Waals surface area contributed by atoms with Crippen molar-refractivity contribution in [3.8, 4) is 0 Å². The Balaban J connectivity index is 3.41. The second-order valence-electron chi connectivity index (χ2n) is 1.34. The number of thiazole rings is 1. The van der Waals surface area contributed by atoms with E-state index in [1.165, 1.54) is 11.3 Å². The van der Waals surface area contributed by atoms with Crippen LogP contribution in [0.1, 0.15) is 0 Å². The molecular formula is C3H6N4S. The molecule has 1 aromatic rings. The van der Waals surface area contributed by atoms with Crippen LogP contribution < -0.4 is 16.4 Å². The molecule has 0 saturated heterocycles. The van der Waals surface area contributed by atoms with E-state index >= 15 is 0 Å². The number of nitrogens with two attached hydrogens (primary N) is 2. The summed E-state index contributed by atoms with van der Waals surface area (Å²) >= 11 is 1.21. The van der Waals surface area contributed by atoms with E-state index in [0.29, 0.717) is 5.82 Å². The lowest BCUT2D eigenvalue weighted by Gasteiger charge is -1.89. The van der Waals surface area contributed by atoms with Crippen molar-refractivity contribution in [2.75, 3.05) is 11.6 Å². The minimum atomic E-state index is 0.266. The molecule has 0 radical (unpaired) electrons. The molecule has 0 atom stereocenters. The summed E-state index contributed by atoms with van der Waals surface area (Å²) in [4.78, 5) is 0.266. The summed E-state index contributed by atoms with van der Waals surface area (Å²) in [6.45, 7) is 0. The fraction of sp³-hybridized carbons (Fsp3) is 0. The Bertz CT molecular complexity index is 234. The van der Waals surface area contributed by atoms with Crippen LogP contribution in [-0.2, 0) is 0 Å². The second-order valence-corrected chi connectivity index (χ2v) is 2.19. The highest BCUT2D eigenvalue weighted by molar-refractivity contribution is 7.07. The van der Waals surface area contributed by atoms with E-state index in [0.717, 1.165) is 4.68 Å². The van der Waals surface area contributed by atoms with Crippen LogP contribution in [0.15, 0.2) is 5.38 Å². The van der Waals surface area contributed by atoms with Crippen molar-refractivity contribution in [2.24, 2.45) is 0 Å². The molecule has 8 heavy (non-hydrogen) atoms. The summed E-state index contributed by atoms with van der Waals surface area (Å²) in [5, 5.41) is 8.64. The van der Waals surface area contributed by atoms with Crippen molar-refractivity contribution in [2.45, 2.75) is 0 Å².